The second-order valence-corrected chi connectivity index (χ2v) is 4.67. The average Bonchev–Trinajstić information content (AvgIpc) is 2.97. The van der Waals surface area contributed by atoms with Gasteiger partial charge in [0, 0.05) is 12.8 Å². The van der Waals surface area contributed by atoms with Gasteiger partial charge in [0.2, 0.25) is 5.82 Å². The Labute approximate surface area is 99.7 Å². The van der Waals surface area contributed by atoms with Gasteiger partial charge < -0.3 is 4.42 Å². The highest BCUT2D eigenvalue weighted by molar-refractivity contribution is 5.49. The molecule has 0 radical (unpaired) electrons. The molecule has 1 saturated carbocycles. The summed E-state index contributed by atoms with van der Waals surface area (Å²) >= 11 is 0. The molecule has 0 aromatic carbocycles. The van der Waals surface area contributed by atoms with Gasteiger partial charge in [-0.05, 0) is 19.8 Å². The molecule has 1 aliphatic rings. The lowest BCUT2D eigenvalue weighted by atomic mass is 10.1. The average molecular weight is 232 g/mol. The van der Waals surface area contributed by atoms with Crippen LogP contribution in [0.5, 0.6) is 0 Å². The van der Waals surface area contributed by atoms with Crippen LogP contribution in [-0.4, -0.2) is 20.2 Å². The van der Waals surface area contributed by atoms with E-state index in [1.54, 1.807) is 0 Å². The monoisotopic (exact) mass is 232 g/mol. The molecule has 3 rings (SSSR count). The molecule has 17 heavy (non-hydrogen) atoms. The molecule has 2 aromatic heterocycles. The van der Waals surface area contributed by atoms with Crippen molar-refractivity contribution in [3.63, 3.8) is 0 Å². The molecule has 2 heterocycles. The maximum Gasteiger partial charge on any atom is 0.218 e. The van der Waals surface area contributed by atoms with Crippen molar-refractivity contribution >= 4 is 0 Å². The number of oxazole rings is 1. The van der Waals surface area contributed by atoms with E-state index in [2.05, 4.69) is 20.2 Å². The summed E-state index contributed by atoms with van der Waals surface area (Å²) in [6, 6.07) is 0. The predicted octanol–water partition coefficient (Wildman–Crippen LogP) is 2.73. The predicted molar refractivity (Wildman–Crippen MR) is 62.6 cm³/mol. The summed E-state index contributed by atoms with van der Waals surface area (Å²) < 4.78 is 5.52. The minimum atomic E-state index is 0.542. The number of nitrogens with zero attached hydrogens (tertiary/aromatic N) is 3. The highest BCUT2D eigenvalue weighted by Crippen LogP contribution is 2.33. The minimum Gasteiger partial charge on any atom is -0.437 e. The number of aromatic nitrogens is 4. The van der Waals surface area contributed by atoms with Crippen molar-refractivity contribution in [1.82, 2.24) is 20.2 Å². The highest BCUT2D eigenvalue weighted by Gasteiger charge is 2.22. The van der Waals surface area contributed by atoms with Crippen LogP contribution in [0, 0.1) is 13.8 Å². The Morgan fingerprint density at radius 1 is 1.18 bits per heavy atom. The molecule has 0 atom stereocenters. The van der Waals surface area contributed by atoms with Gasteiger partial charge in [-0.1, -0.05) is 12.8 Å². The molecule has 1 fully saturated rings. The molecule has 0 unspecified atom stereocenters. The van der Waals surface area contributed by atoms with E-state index in [9.17, 15) is 0 Å². The summed E-state index contributed by atoms with van der Waals surface area (Å²) in [5, 5.41) is 7.27. The third kappa shape index (κ3) is 1.85. The summed E-state index contributed by atoms with van der Waals surface area (Å²) in [6.45, 7) is 3.75. The van der Waals surface area contributed by atoms with Gasteiger partial charge in [0.1, 0.15) is 5.82 Å². The molecule has 1 N–H and O–H groups in total. The molecule has 0 spiro atoms. The lowest BCUT2D eigenvalue weighted by Crippen LogP contribution is -1.94. The first-order valence-corrected chi connectivity index (χ1v) is 6.11. The second-order valence-electron chi connectivity index (χ2n) is 4.67. The molecule has 90 valence electrons. The van der Waals surface area contributed by atoms with E-state index in [0.29, 0.717) is 23.4 Å². The standard InChI is InChI=1S/C12H16N4O/c1-7-10(17-8(2)13-7)12-14-11(15-16-12)9-5-3-4-6-9/h9H,3-6H2,1-2H3,(H,14,15,16). The summed E-state index contributed by atoms with van der Waals surface area (Å²) in [5.74, 6) is 3.50. The molecule has 0 amide bonds. The zero-order chi connectivity index (χ0) is 11.8. The van der Waals surface area contributed by atoms with Gasteiger partial charge in [0.25, 0.3) is 0 Å². The van der Waals surface area contributed by atoms with Gasteiger partial charge >= 0.3 is 0 Å². The number of aryl methyl sites for hydroxylation is 2. The maximum absolute atomic E-state index is 5.52. The zero-order valence-electron chi connectivity index (χ0n) is 10.2. The van der Waals surface area contributed by atoms with Crippen molar-refractivity contribution in [2.24, 2.45) is 0 Å². The molecule has 5 nitrogen and oxygen atoms in total. The van der Waals surface area contributed by atoms with E-state index in [1.165, 1.54) is 25.7 Å². The highest BCUT2D eigenvalue weighted by atomic mass is 16.4. The molecule has 0 bridgehead atoms. The maximum atomic E-state index is 5.52. The van der Waals surface area contributed by atoms with Crippen LogP contribution in [0.4, 0.5) is 0 Å². The van der Waals surface area contributed by atoms with Gasteiger partial charge in [0.05, 0.1) is 5.69 Å². The molecule has 0 aliphatic heterocycles. The number of hydrogen-bond donors (Lipinski definition) is 1. The van der Waals surface area contributed by atoms with Crippen LogP contribution in [0.2, 0.25) is 0 Å². The molecule has 1 aliphatic carbocycles. The van der Waals surface area contributed by atoms with Gasteiger partial charge in [-0.25, -0.2) is 9.97 Å². The normalized spacial score (nSPS) is 16.8. The van der Waals surface area contributed by atoms with Crippen molar-refractivity contribution in [2.75, 3.05) is 0 Å². The molecular formula is C12H16N4O. The van der Waals surface area contributed by atoms with E-state index in [-0.39, 0.29) is 0 Å². The largest absolute Gasteiger partial charge is 0.437 e. The summed E-state index contributed by atoms with van der Waals surface area (Å²) in [5.41, 5.74) is 0.847. The topological polar surface area (TPSA) is 67.6 Å². The molecule has 0 saturated heterocycles. The lowest BCUT2D eigenvalue weighted by molar-refractivity contribution is 0.530. The quantitative estimate of drug-likeness (QED) is 0.864. The first-order chi connectivity index (χ1) is 8.24. The lowest BCUT2D eigenvalue weighted by Gasteiger charge is -2.01. The number of hydrogen-bond acceptors (Lipinski definition) is 4. The van der Waals surface area contributed by atoms with Crippen molar-refractivity contribution in [3.05, 3.63) is 17.4 Å². The first-order valence-electron chi connectivity index (χ1n) is 6.11. The van der Waals surface area contributed by atoms with Crippen LogP contribution < -0.4 is 0 Å². The fraction of sp³-hybridized carbons (Fsp3) is 0.583. The van der Waals surface area contributed by atoms with Crippen molar-refractivity contribution in [1.29, 1.82) is 0 Å². The van der Waals surface area contributed by atoms with E-state index in [1.807, 2.05) is 13.8 Å². The van der Waals surface area contributed by atoms with E-state index in [0.717, 1.165) is 11.5 Å². The number of H-pyrrole nitrogens is 1. The van der Waals surface area contributed by atoms with Crippen LogP contribution in [0.15, 0.2) is 4.42 Å². The van der Waals surface area contributed by atoms with Crippen LogP contribution in [-0.2, 0) is 0 Å². The third-order valence-electron chi connectivity index (χ3n) is 3.35. The molecular weight excluding hydrogens is 216 g/mol. The van der Waals surface area contributed by atoms with Gasteiger partial charge in [0.15, 0.2) is 11.7 Å². The summed E-state index contributed by atoms with van der Waals surface area (Å²) in [7, 11) is 0. The Morgan fingerprint density at radius 3 is 2.59 bits per heavy atom. The van der Waals surface area contributed by atoms with E-state index < -0.39 is 0 Å². The van der Waals surface area contributed by atoms with E-state index in [4.69, 9.17) is 4.42 Å². The van der Waals surface area contributed by atoms with Crippen LogP contribution in [0.3, 0.4) is 0 Å². The van der Waals surface area contributed by atoms with Crippen LogP contribution in [0.1, 0.15) is 49.0 Å². The SMILES string of the molecule is Cc1nc(C)c(-c2n[nH]c(C3CCCC3)n2)o1. The fourth-order valence-corrected chi connectivity index (χ4v) is 2.50. The van der Waals surface area contributed by atoms with Crippen LogP contribution in [0.25, 0.3) is 11.6 Å². The smallest absolute Gasteiger partial charge is 0.218 e. The van der Waals surface area contributed by atoms with Gasteiger partial charge in [-0.15, -0.1) is 5.10 Å². The number of rotatable bonds is 2. The molecule has 5 heteroatoms. The first kappa shape index (κ1) is 10.5. The molecule has 2 aromatic rings. The van der Waals surface area contributed by atoms with Gasteiger partial charge in [-0.2, -0.15) is 0 Å². The van der Waals surface area contributed by atoms with Crippen molar-refractivity contribution in [3.8, 4) is 11.6 Å². The Hall–Kier alpha value is -1.65. The Morgan fingerprint density at radius 2 is 1.94 bits per heavy atom. The van der Waals surface area contributed by atoms with E-state index >= 15 is 0 Å². The summed E-state index contributed by atoms with van der Waals surface area (Å²) in [4.78, 5) is 8.77. The van der Waals surface area contributed by atoms with Crippen molar-refractivity contribution < 1.29 is 4.42 Å². The van der Waals surface area contributed by atoms with Crippen molar-refractivity contribution in [2.45, 2.75) is 45.4 Å². The van der Waals surface area contributed by atoms with Gasteiger partial charge in [-0.3, -0.25) is 5.10 Å². The Bertz CT molecular complexity index is 522. The Balaban J connectivity index is 1.91. The minimum absolute atomic E-state index is 0.542. The zero-order valence-corrected chi connectivity index (χ0v) is 10.2. The third-order valence-corrected chi connectivity index (χ3v) is 3.35. The number of aromatic amines is 1. The second kappa shape index (κ2) is 3.98. The number of nitrogens with one attached hydrogen (secondary N) is 1. The van der Waals surface area contributed by atoms with Crippen LogP contribution >= 0.6 is 0 Å². The Kier molecular flexibility index (Phi) is 2.46. The summed E-state index contributed by atoms with van der Waals surface area (Å²) in [6.07, 6.45) is 5.01. The fourth-order valence-electron chi connectivity index (χ4n) is 2.50.